The topological polar surface area (TPSA) is 18.5 Å². The Bertz CT molecular complexity index is 653. The van der Waals surface area contributed by atoms with Gasteiger partial charge in [-0.25, -0.2) is 0 Å². The molecule has 0 aliphatic carbocycles. The minimum Gasteiger partial charge on any atom is -0.457 e. The van der Waals surface area contributed by atoms with Crippen molar-refractivity contribution in [3.05, 3.63) is 59.2 Å². The van der Waals surface area contributed by atoms with E-state index in [2.05, 4.69) is 12.0 Å². The fourth-order valence-electron chi connectivity index (χ4n) is 2.33. The zero-order valence-corrected chi connectivity index (χ0v) is 10.7. The van der Waals surface area contributed by atoms with Crippen molar-refractivity contribution < 1.29 is 9.47 Å². The van der Waals surface area contributed by atoms with Gasteiger partial charge < -0.3 is 9.47 Å². The number of benzene rings is 2. The summed E-state index contributed by atoms with van der Waals surface area (Å²) in [6.07, 6.45) is 5.15. The number of aryl methyl sites for hydroxylation is 1. The average molecular weight is 250 g/mol. The van der Waals surface area contributed by atoms with E-state index in [1.54, 1.807) is 0 Å². The highest BCUT2D eigenvalue weighted by molar-refractivity contribution is 5.53. The van der Waals surface area contributed by atoms with Crippen LogP contribution in [0.3, 0.4) is 0 Å². The molecule has 1 unspecified atom stereocenters. The minimum absolute atomic E-state index is 0.156. The van der Waals surface area contributed by atoms with Gasteiger partial charge in [0.1, 0.15) is 24.2 Å². The van der Waals surface area contributed by atoms with Gasteiger partial charge in [-0.2, -0.15) is 0 Å². The Kier molecular flexibility index (Phi) is 2.98. The van der Waals surface area contributed by atoms with E-state index in [0.717, 1.165) is 28.2 Å². The number of hydrogen-bond donors (Lipinski definition) is 0. The Morgan fingerprint density at radius 2 is 1.95 bits per heavy atom. The number of para-hydroxylation sites is 1. The fourth-order valence-corrected chi connectivity index (χ4v) is 2.33. The van der Waals surface area contributed by atoms with Gasteiger partial charge in [0.15, 0.2) is 0 Å². The third-order valence-corrected chi connectivity index (χ3v) is 3.21. The lowest BCUT2D eigenvalue weighted by Gasteiger charge is -2.28. The Balaban J connectivity index is 2.10. The molecule has 0 amide bonds. The Labute approximate surface area is 113 Å². The van der Waals surface area contributed by atoms with Crippen molar-refractivity contribution in [1.29, 1.82) is 0 Å². The van der Waals surface area contributed by atoms with Crippen molar-refractivity contribution in [1.82, 2.24) is 0 Å². The third kappa shape index (κ3) is 2.09. The summed E-state index contributed by atoms with van der Waals surface area (Å²) in [7, 11) is 0. The van der Waals surface area contributed by atoms with Crippen LogP contribution < -0.4 is 4.74 Å². The molecule has 1 aliphatic heterocycles. The molecule has 0 saturated heterocycles. The average Bonchev–Trinajstić information content (AvgIpc) is 2.43. The molecule has 2 heteroatoms. The molecule has 0 N–H and O–H groups in total. The largest absolute Gasteiger partial charge is 0.457 e. The van der Waals surface area contributed by atoms with Crippen LogP contribution in [0.1, 0.15) is 22.8 Å². The molecule has 3 rings (SSSR count). The van der Waals surface area contributed by atoms with Crippen LogP contribution in [-0.4, -0.2) is 6.61 Å². The highest BCUT2D eigenvalue weighted by atomic mass is 16.5. The summed E-state index contributed by atoms with van der Waals surface area (Å²) in [5.74, 6) is 4.21. The molecule has 0 saturated carbocycles. The Hall–Kier alpha value is -2.24. The number of fused-ring (bicyclic) bond motifs is 2. The zero-order chi connectivity index (χ0) is 13.2. The summed E-state index contributed by atoms with van der Waals surface area (Å²) in [4.78, 5) is 0. The van der Waals surface area contributed by atoms with Crippen LogP contribution in [0.15, 0.2) is 42.5 Å². The van der Waals surface area contributed by atoms with Crippen molar-refractivity contribution in [2.24, 2.45) is 0 Å². The first kappa shape index (κ1) is 11.8. The van der Waals surface area contributed by atoms with Gasteiger partial charge in [-0.3, -0.25) is 0 Å². The molecule has 19 heavy (non-hydrogen) atoms. The Morgan fingerprint density at radius 3 is 2.79 bits per heavy atom. The van der Waals surface area contributed by atoms with Crippen molar-refractivity contribution in [2.75, 3.05) is 6.61 Å². The van der Waals surface area contributed by atoms with Gasteiger partial charge in [0.25, 0.3) is 0 Å². The molecule has 0 radical (unpaired) electrons. The summed E-state index contributed by atoms with van der Waals surface area (Å²) in [6.45, 7) is 2.33. The highest BCUT2D eigenvalue weighted by Gasteiger charge is 2.27. The van der Waals surface area contributed by atoms with Gasteiger partial charge in [-0.15, -0.1) is 6.42 Å². The maximum absolute atomic E-state index is 5.94. The van der Waals surface area contributed by atoms with E-state index in [9.17, 15) is 0 Å². The van der Waals surface area contributed by atoms with Gasteiger partial charge in [0.05, 0.1) is 0 Å². The van der Waals surface area contributed by atoms with Crippen molar-refractivity contribution in [2.45, 2.75) is 13.0 Å². The highest BCUT2D eigenvalue weighted by Crippen LogP contribution is 2.44. The fraction of sp³-hybridized carbons (Fsp3) is 0.176. The molecular weight excluding hydrogens is 236 g/mol. The smallest absolute Gasteiger partial charge is 0.133 e. The molecular formula is C17H14O2. The maximum Gasteiger partial charge on any atom is 0.133 e. The van der Waals surface area contributed by atoms with Gasteiger partial charge in [-0.05, 0) is 24.6 Å². The summed E-state index contributed by atoms with van der Waals surface area (Å²) >= 11 is 0. The predicted molar refractivity (Wildman–Crippen MR) is 74.3 cm³/mol. The summed E-state index contributed by atoms with van der Waals surface area (Å²) in [5, 5.41) is 0. The molecule has 2 nitrogen and oxygen atoms in total. The van der Waals surface area contributed by atoms with Gasteiger partial charge in [0.2, 0.25) is 0 Å². The predicted octanol–water partition coefficient (Wildman–Crippen LogP) is 3.84. The van der Waals surface area contributed by atoms with Crippen LogP contribution >= 0.6 is 0 Å². The molecule has 2 aromatic carbocycles. The zero-order valence-electron chi connectivity index (χ0n) is 10.7. The lowest BCUT2D eigenvalue weighted by Crippen LogP contribution is -2.13. The van der Waals surface area contributed by atoms with Crippen LogP contribution in [-0.2, 0) is 4.74 Å². The molecule has 0 spiro atoms. The number of rotatable bonds is 2. The Morgan fingerprint density at radius 1 is 1.16 bits per heavy atom. The van der Waals surface area contributed by atoms with E-state index < -0.39 is 0 Å². The van der Waals surface area contributed by atoms with Crippen molar-refractivity contribution >= 4 is 0 Å². The van der Waals surface area contributed by atoms with E-state index in [1.165, 1.54) is 0 Å². The van der Waals surface area contributed by atoms with Crippen molar-refractivity contribution in [3.8, 4) is 23.8 Å². The van der Waals surface area contributed by atoms with Crippen LogP contribution in [0.5, 0.6) is 11.5 Å². The van der Waals surface area contributed by atoms with E-state index in [1.807, 2.05) is 43.3 Å². The number of ether oxygens (including phenoxy) is 2. The molecule has 1 atom stereocenters. The molecule has 0 aromatic heterocycles. The minimum atomic E-state index is -0.156. The maximum atomic E-state index is 5.94. The summed E-state index contributed by atoms with van der Waals surface area (Å²) < 4.78 is 11.7. The van der Waals surface area contributed by atoms with E-state index in [0.29, 0.717) is 0 Å². The summed E-state index contributed by atoms with van der Waals surface area (Å²) in [6, 6.07) is 14.0. The molecule has 94 valence electrons. The first-order valence-corrected chi connectivity index (χ1v) is 6.22. The van der Waals surface area contributed by atoms with E-state index in [4.69, 9.17) is 15.9 Å². The van der Waals surface area contributed by atoms with Crippen LogP contribution in [0.4, 0.5) is 0 Å². The van der Waals surface area contributed by atoms with Crippen LogP contribution in [0.25, 0.3) is 0 Å². The van der Waals surface area contributed by atoms with E-state index >= 15 is 0 Å². The second-order valence-electron chi connectivity index (χ2n) is 4.58. The monoisotopic (exact) mass is 250 g/mol. The molecule has 0 fully saturated rings. The molecule has 2 aromatic rings. The first-order chi connectivity index (χ1) is 9.29. The number of terminal acetylenes is 1. The lowest BCUT2D eigenvalue weighted by molar-refractivity contribution is 0.100. The lowest BCUT2D eigenvalue weighted by atomic mass is 9.96. The van der Waals surface area contributed by atoms with Gasteiger partial charge in [0, 0.05) is 11.1 Å². The van der Waals surface area contributed by atoms with Crippen LogP contribution in [0.2, 0.25) is 0 Å². The quantitative estimate of drug-likeness (QED) is 0.754. The first-order valence-electron chi connectivity index (χ1n) is 6.22. The van der Waals surface area contributed by atoms with Gasteiger partial charge in [-0.1, -0.05) is 36.3 Å². The molecule has 1 heterocycles. The molecule has 0 bridgehead atoms. The third-order valence-electron chi connectivity index (χ3n) is 3.21. The second kappa shape index (κ2) is 4.79. The summed E-state index contributed by atoms with van der Waals surface area (Å²) in [5.41, 5.74) is 3.21. The standard InChI is InChI=1S/C17H14O2/c1-3-10-18-17-13-6-4-5-7-15(13)19-16-11-12(2)8-9-14(16)17/h1,4-9,11,17H,10H2,2H3. The van der Waals surface area contributed by atoms with Gasteiger partial charge >= 0.3 is 0 Å². The number of hydrogen-bond acceptors (Lipinski definition) is 2. The normalized spacial score (nSPS) is 15.9. The SMILES string of the molecule is C#CCOC1c2ccccc2Oc2cc(C)ccc21. The molecule has 1 aliphatic rings. The second-order valence-corrected chi connectivity index (χ2v) is 4.58. The van der Waals surface area contributed by atoms with E-state index in [-0.39, 0.29) is 12.7 Å². The van der Waals surface area contributed by atoms with Crippen molar-refractivity contribution in [3.63, 3.8) is 0 Å². The van der Waals surface area contributed by atoms with Crippen LogP contribution in [0, 0.1) is 19.3 Å².